The lowest BCUT2D eigenvalue weighted by atomic mass is 10.0. The maximum Gasteiger partial charge on any atom is 0.252 e. The molecular formula is C21H23ClF2N2O4. The van der Waals surface area contributed by atoms with Crippen LogP contribution in [0.2, 0.25) is 5.02 Å². The zero-order valence-electron chi connectivity index (χ0n) is 17.0. The molecule has 1 atom stereocenters. The van der Waals surface area contributed by atoms with Crippen molar-refractivity contribution in [3.63, 3.8) is 0 Å². The number of halogens is 3. The average molecular weight is 441 g/mol. The molecule has 0 aliphatic rings. The molecule has 9 heteroatoms. The van der Waals surface area contributed by atoms with Gasteiger partial charge in [-0.2, -0.15) is 0 Å². The number of hydrogen-bond acceptors (Lipinski definition) is 4. The maximum atomic E-state index is 13.6. The minimum Gasteiger partial charge on any atom is -0.493 e. The summed E-state index contributed by atoms with van der Waals surface area (Å²) in [6.07, 6.45) is 0. The van der Waals surface area contributed by atoms with Crippen LogP contribution in [0.3, 0.4) is 0 Å². The molecule has 0 fully saturated rings. The molecule has 6 nitrogen and oxygen atoms in total. The lowest BCUT2D eigenvalue weighted by molar-refractivity contribution is -0.122. The molecule has 30 heavy (non-hydrogen) atoms. The molecule has 0 aliphatic carbocycles. The molecule has 0 spiro atoms. The van der Waals surface area contributed by atoms with Gasteiger partial charge in [0.1, 0.15) is 6.04 Å². The van der Waals surface area contributed by atoms with E-state index in [2.05, 4.69) is 10.6 Å². The van der Waals surface area contributed by atoms with Gasteiger partial charge in [-0.05, 0) is 35.7 Å². The van der Waals surface area contributed by atoms with Crippen molar-refractivity contribution in [3.05, 3.63) is 58.1 Å². The van der Waals surface area contributed by atoms with E-state index in [1.165, 1.54) is 32.4 Å². The summed E-state index contributed by atoms with van der Waals surface area (Å²) in [6.45, 7) is 4.34. The van der Waals surface area contributed by atoms with Crippen LogP contribution >= 0.6 is 11.6 Å². The second-order valence-corrected chi connectivity index (χ2v) is 7.30. The van der Waals surface area contributed by atoms with E-state index >= 15 is 0 Å². The highest BCUT2D eigenvalue weighted by Gasteiger charge is 2.25. The molecule has 2 aromatic rings. The Kier molecular flexibility index (Phi) is 8.00. The highest BCUT2D eigenvalue weighted by molar-refractivity contribution is 6.32. The average Bonchev–Trinajstić information content (AvgIpc) is 2.71. The number of carbonyl (C=O) groups excluding carboxylic acids is 2. The van der Waals surface area contributed by atoms with E-state index in [4.69, 9.17) is 21.1 Å². The predicted octanol–water partition coefficient (Wildman–Crippen LogP) is 3.88. The van der Waals surface area contributed by atoms with E-state index in [1.807, 2.05) is 13.8 Å². The summed E-state index contributed by atoms with van der Waals surface area (Å²) in [6, 6.07) is 4.50. The van der Waals surface area contributed by atoms with Gasteiger partial charge < -0.3 is 20.1 Å². The number of likely N-dealkylation sites (N-methyl/N-ethyl adjacent to an activating group) is 1. The first-order valence-electron chi connectivity index (χ1n) is 9.15. The molecule has 2 amide bonds. The fraction of sp³-hybridized carbons (Fsp3) is 0.333. The van der Waals surface area contributed by atoms with Crippen LogP contribution in [0.1, 0.15) is 35.8 Å². The zero-order chi connectivity index (χ0) is 22.4. The molecule has 2 aromatic carbocycles. The number of carbonyl (C=O) groups is 2. The zero-order valence-corrected chi connectivity index (χ0v) is 17.8. The topological polar surface area (TPSA) is 76.7 Å². The number of hydrogen-bond donors (Lipinski definition) is 2. The number of amides is 2. The predicted molar refractivity (Wildman–Crippen MR) is 109 cm³/mol. The van der Waals surface area contributed by atoms with Gasteiger partial charge >= 0.3 is 0 Å². The van der Waals surface area contributed by atoms with Gasteiger partial charge in [-0.1, -0.05) is 31.5 Å². The standard InChI is InChI=1S/C21H23ClF2N2O4/c1-11(2)10-30-19-14(22)7-13(9-17(19)29-4)20(27)26-18(21(28)25-3)12-5-6-15(23)16(24)8-12/h5-9,11,18H,10H2,1-4H3,(H,25,28)(H,26,27). The van der Waals surface area contributed by atoms with Crippen LogP contribution < -0.4 is 20.1 Å². The first-order valence-corrected chi connectivity index (χ1v) is 9.53. The SMILES string of the molecule is CNC(=O)C(NC(=O)c1cc(Cl)c(OCC(C)C)c(OC)c1)c1ccc(F)c(F)c1. The number of rotatable bonds is 8. The monoisotopic (exact) mass is 440 g/mol. The summed E-state index contributed by atoms with van der Waals surface area (Å²) in [7, 11) is 2.77. The van der Waals surface area contributed by atoms with Gasteiger partial charge in [0, 0.05) is 12.6 Å². The molecule has 0 radical (unpaired) electrons. The Bertz CT molecular complexity index is 937. The van der Waals surface area contributed by atoms with Crippen molar-refractivity contribution in [1.29, 1.82) is 0 Å². The molecule has 0 saturated carbocycles. The number of nitrogens with one attached hydrogen (secondary N) is 2. The Morgan fingerprint density at radius 1 is 1.13 bits per heavy atom. The molecule has 2 N–H and O–H groups in total. The molecule has 0 aliphatic heterocycles. The van der Waals surface area contributed by atoms with Crippen molar-refractivity contribution >= 4 is 23.4 Å². The second kappa shape index (κ2) is 10.2. The van der Waals surface area contributed by atoms with E-state index in [1.54, 1.807) is 0 Å². The van der Waals surface area contributed by atoms with Crippen LogP contribution in [-0.2, 0) is 4.79 Å². The molecule has 0 bridgehead atoms. The first kappa shape index (κ1) is 23.4. The summed E-state index contributed by atoms with van der Waals surface area (Å²) in [5.41, 5.74) is 0.182. The Morgan fingerprint density at radius 2 is 1.83 bits per heavy atom. The van der Waals surface area contributed by atoms with Gasteiger partial charge in [0.2, 0.25) is 5.91 Å². The molecule has 162 valence electrons. The molecule has 2 rings (SSSR count). The summed E-state index contributed by atoms with van der Waals surface area (Å²) < 4.78 is 37.8. The van der Waals surface area contributed by atoms with Crippen LogP contribution in [0.4, 0.5) is 8.78 Å². The van der Waals surface area contributed by atoms with Crippen molar-refractivity contribution in [3.8, 4) is 11.5 Å². The lowest BCUT2D eigenvalue weighted by Gasteiger charge is -2.19. The normalized spacial score (nSPS) is 11.7. The van der Waals surface area contributed by atoms with Crippen molar-refractivity contribution < 1.29 is 27.8 Å². The summed E-state index contributed by atoms with van der Waals surface area (Å²) >= 11 is 6.27. The van der Waals surface area contributed by atoms with Gasteiger partial charge in [-0.15, -0.1) is 0 Å². The highest BCUT2D eigenvalue weighted by Crippen LogP contribution is 2.37. The Hall–Kier alpha value is -2.87. The Labute approximate surface area is 178 Å². The third-order valence-electron chi connectivity index (χ3n) is 4.11. The van der Waals surface area contributed by atoms with Crippen molar-refractivity contribution in [2.75, 3.05) is 20.8 Å². The van der Waals surface area contributed by atoms with Crippen LogP contribution in [0.5, 0.6) is 11.5 Å². The van der Waals surface area contributed by atoms with Crippen molar-refractivity contribution in [1.82, 2.24) is 10.6 Å². The van der Waals surface area contributed by atoms with Gasteiger partial charge in [0.15, 0.2) is 23.1 Å². The van der Waals surface area contributed by atoms with Gasteiger partial charge in [0.05, 0.1) is 18.7 Å². The molecule has 0 saturated heterocycles. The van der Waals surface area contributed by atoms with E-state index in [9.17, 15) is 18.4 Å². The summed E-state index contributed by atoms with van der Waals surface area (Å²) in [5, 5.41) is 5.04. The third kappa shape index (κ3) is 5.60. The maximum absolute atomic E-state index is 13.6. The lowest BCUT2D eigenvalue weighted by Crippen LogP contribution is -2.39. The minimum absolute atomic E-state index is 0.0801. The third-order valence-corrected chi connectivity index (χ3v) is 4.39. The first-order chi connectivity index (χ1) is 14.2. The van der Waals surface area contributed by atoms with Gasteiger partial charge in [-0.3, -0.25) is 9.59 Å². The smallest absolute Gasteiger partial charge is 0.252 e. The quantitative estimate of drug-likeness (QED) is 0.653. The molecular weight excluding hydrogens is 418 g/mol. The molecule has 1 unspecified atom stereocenters. The van der Waals surface area contributed by atoms with Crippen molar-refractivity contribution in [2.45, 2.75) is 19.9 Å². The van der Waals surface area contributed by atoms with Gasteiger partial charge in [0.25, 0.3) is 5.91 Å². The Morgan fingerprint density at radius 3 is 2.40 bits per heavy atom. The minimum atomic E-state index is -1.25. The van der Waals surface area contributed by atoms with Crippen LogP contribution in [0, 0.1) is 17.6 Å². The number of ether oxygens (including phenoxy) is 2. The highest BCUT2D eigenvalue weighted by atomic mass is 35.5. The van der Waals surface area contributed by atoms with Gasteiger partial charge in [-0.25, -0.2) is 8.78 Å². The van der Waals surface area contributed by atoms with E-state index in [0.717, 1.165) is 12.1 Å². The van der Waals surface area contributed by atoms with Crippen LogP contribution in [0.25, 0.3) is 0 Å². The molecule has 0 heterocycles. The second-order valence-electron chi connectivity index (χ2n) is 6.89. The van der Waals surface area contributed by atoms with Crippen molar-refractivity contribution in [2.24, 2.45) is 5.92 Å². The number of methoxy groups -OCH3 is 1. The number of benzene rings is 2. The fourth-order valence-electron chi connectivity index (χ4n) is 2.59. The summed E-state index contributed by atoms with van der Waals surface area (Å²) in [5.74, 6) is -2.67. The van der Waals surface area contributed by atoms with Crippen LogP contribution in [-0.4, -0.2) is 32.6 Å². The summed E-state index contributed by atoms with van der Waals surface area (Å²) in [4.78, 5) is 25.0. The van der Waals surface area contributed by atoms with E-state index in [-0.39, 0.29) is 27.8 Å². The fourth-order valence-corrected chi connectivity index (χ4v) is 2.86. The Balaban J connectivity index is 2.34. The van der Waals surface area contributed by atoms with Crippen LogP contribution in [0.15, 0.2) is 30.3 Å². The largest absolute Gasteiger partial charge is 0.493 e. The van der Waals surface area contributed by atoms with E-state index in [0.29, 0.717) is 12.4 Å². The van der Waals surface area contributed by atoms with E-state index < -0.39 is 29.5 Å². The molecule has 0 aromatic heterocycles.